The van der Waals surface area contributed by atoms with Gasteiger partial charge in [-0.25, -0.2) is 19.9 Å². The predicted molar refractivity (Wildman–Crippen MR) is 385 cm³/mol. The van der Waals surface area contributed by atoms with Crippen LogP contribution in [0, 0.1) is 0 Å². The van der Waals surface area contributed by atoms with Gasteiger partial charge in [0.25, 0.3) is 0 Å². The van der Waals surface area contributed by atoms with Gasteiger partial charge in [0.15, 0.2) is 11.6 Å². The molecule has 0 unspecified atom stereocenters. The summed E-state index contributed by atoms with van der Waals surface area (Å²) in [5.41, 5.74) is 25.5. The molecule has 0 amide bonds. The second-order valence-electron chi connectivity index (χ2n) is 23.3. The number of anilines is 6. The molecule has 6 nitrogen and oxygen atoms in total. The molecule has 16 aromatic rings. The Morgan fingerprint density at radius 2 is 0.543 bits per heavy atom. The number of thiophene rings is 2. The fourth-order valence-electron chi connectivity index (χ4n) is 13.5. The third kappa shape index (κ3) is 9.14. The van der Waals surface area contributed by atoms with Crippen LogP contribution in [0.15, 0.2) is 315 Å². The van der Waals surface area contributed by atoms with Crippen molar-refractivity contribution in [2.75, 3.05) is 9.80 Å². The zero-order chi connectivity index (χ0) is 60.6. The Balaban J connectivity index is 0.688. The number of fused-ring (bicyclic) bond motifs is 14. The van der Waals surface area contributed by atoms with Gasteiger partial charge in [-0.2, -0.15) is 0 Å². The fraction of sp³-hybridized carbons (Fsp3) is 0. The van der Waals surface area contributed by atoms with Crippen LogP contribution in [-0.4, -0.2) is 19.9 Å². The van der Waals surface area contributed by atoms with Gasteiger partial charge in [0.05, 0.1) is 45.5 Å². The summed E-state index contributed by atoms with van der Waals surface area (Å²) in [7, 11) is 0. The molecule has 0 saturated carbocycles. The average Bonchev–Trinajstić information content (AvgIpc) is 1.58. The number of hydrogen-bond acceptors (Lipinski definition) is 8. The smallest absolute Gasteiger partial charge is 0.160 e. The molecule has 0 bridgehead atoms. The van der Waals surface area contributed by atoms with Crippen LogP contribution in [0.4, 0.5) is 34.1 Å². The van der Waals surface area contributed by atoms with Crippen LogP contribution in [0.1, 0.15) is 0 Å². The minimum absolute atomic E-state index is 0.651. The summed E-state index contributed by atoms with van der Waals surface area (Å²) in [5.74, 6) is 1.31. The van der Waals surface area contributed by atoms with Crippen LogP contribution in [0.3, 0.4) is 0 Å². The van der Waals surface area contributed by atoms with E-state index < -0.39 is 0 Å². The highest BCUT2D eigenvalue weighted by molar-refractivity contribution is 7.23. The van der Waals surface area contributed by atoms with Crippen molar-refractivity contribution < 1.29 is 0 Å². The average molecular weight is 1210 g/mol. The van der Waals surface area contributed by atoms with Crippen molar-refractivity contribution >= 4 is 77.0 Å². The maximum atomic E-state index is 5.38. The van der Waals surface area contributed by atoms with Crippen molar-refractivity contribution in [3.05, 3.63) is 315 Å². The molecule has 0 saturated heterocycles. The molecule has 2 aliphatic rings. The minimum atomic E-state index is 0.651. The lowest BCUT2D eigenvalue weighted by molar-refractivity contribution is 1.18. The highest BCUT2D eigenvalue weighted by atomic mass is 32.1. The largest absolute Gasteiger partial charge is 0.309 e. The van der Waals surface area contributed by atoms with E-state index in [4.69, 9.17) is 19.9 Å². The second-order valence-corrected chi connectivity index (χ2v) is 25.4. The summed E-state index contributed by atoms with van der Waals surface area (Å²) in [5, 5.41) is 2.56. The number of aromatic nitrogens is 4. The number of para-hydroxylation sites is 4. The molecule has 0 atom stereocenters. The molecule has 430 valence electrons. The van der Waals surface area contributed by atoms with E-state index in [1.54, 1.807) is 0 Å². The lowest BCUT2D eigenvalue weighted by atomic mass is 9.98. The van der Waals surface area contributed by atoms with Gasteiger partial charge in [0.1, 0.15) is 0 Å². The monoisotopic (exact) mass is 1210 g/mol. The quantitative estimate of drug-likeness (QED) is 0.144. The summed E-state index contributed by atoms with van der Waals surface area (Å²) in [6.07, 6.45) is 0. The Hall–Kier alpha value is -11.7. The molecule has 4 aromatic heterocycles. The van der Waals surface area contributed by atoms with Crippen LogP contribution in [0.5, 0.6) is 0 Å². The van der Waals surface area contributed by atoms with Gasteiger partial charge in [-0.1, -0.05) is 218 Å². The van der Waals surface area contributed by atoms with Gasteiger partial charge in [0.2, 0.25) is 0 Å². The highest BCUT2D eigenvalue weighted by Crippen LogP contribution is 2.58. The van der Waals surface area contributed by atoms with Crippen LogP contribution < -0.4 is 9.80 Å². The van der Waals surface area contributed by atoms with Gasteiger partial charge in [-0.3, -0.25) is 0 Å². The number of hydrogen-bond donors (Lipinski definition) is 0. The first-order valence-electron chi connectivity index (χ1n) is 30.9. The number of rotatable bonds is 9. The molecular weight excluding hydrogens is 1160 g/mol. The van der Waals surface area contributed by atoms with E-state index in [9.17, 15) is 0 Å². The topological polar surface area (TPSA) is 58.0 Å². The van der Waals surface area contributed by atoms with Crippen LogP contribution >= 0.6 is 22.7 Å². The molecule has 0 N–H and O–H groups in total. The zero-order valence-corrected chi connectivity index (χ0v) is 51.2. The Labute approximate surface area is 540 Å². The van der Waals surface area contributed by atoms with E-state index in [0.29, 0.717) is 11.6 Å². The molecular formula is C84H52N6S2. The van der Waals surface area contributed by atoms with E-state index >= 15 is 0 Å². The third-order valence-electron chi connectivity index (χ3n) is 17.8. The lowest BCUT2D eigenvalue weighted by Gasteiger charge is -2.27. The molecule has 0 radical (unpaired) electrons. The van der Waals surface area contributed by atoms with Gasteiger partial charge >= 0.3 is 0 Å². The van der Waals surface area contributed by atoms with Crippen molar-refractivity contribution in [1.29, 1.82) is 0 Å². The molecule has 92 heavy (non-hydrogen) atoms. The van der Waals surface area contributed by atoms with Crippen molar-refractivity contribution in [2.45, 2.75) is 0 Å². The van der Waals surface area contributed by atoms with Crippen molar-refractivity contribution in [1.82, 2.24) is 19.9 Å². The summed E-state index contributed by atoms with van der Waals surface area (Å²) >= 11 is 3.73. The summed E-state index contributed by atoms with van der Waals surface area (Å²) in [6, 6.07) is 113. The van der Waals surface area contributed by atoms with Gasteiger partial charge in [0, 0.05) is 108 Å². The Bertz CT molecular complexity index is 5200. The Morgan fingerprint density at radius 1 is 0.228 bits per heavy atom. The Kier molecular flexibility index (Phi) is 12.8. The summed E-state index contributed by atoms with van der Waals surface area (Å²) in [4.78, 5) is 28.6. The van der Waals surface area contributed by atoms with Crippen LogP contribution in [-0.2, 0) is 0 Å². The van der Waals surface area contributed by atoms with Crippen LogP contribution in [0.2, 0.25) is 0 Å². The summed E-state index contributed by atoms with van der Waals surface area (Å²) in [6.45, 7) is 0. The first-order chi connectivity index (χ1) is 45.6. The normalized spacial score (nSPS) is 12.1. The molecule has 8 heteroatoms. The maximum Gasteiger partial charge on any atom is 0.160 e. The minimum Gasteiger partial charge on any atom is -0.309 e. The van der Waals surface area contributed by atoms with E-state index in [1.165, 1.54) is 63.3 Å². The van der Waals surface area contributed by atoms with Crippen molar-refractivity contribution in [3.63, 3.8) is 0 Å². The fourth-order valence-corrected chi connectivity index (χ4v) is 16.0. The molecule has 6 heterocycles. The second kappa shape index (κ2) is 22.1. The van der Waals surface area contributed by atoms with Crippen molar-refractivity contribution in [2.24, 2.45) is 0 Å². The van der Waals surface area contributed by atoms with E-state index in [1.807, 2.05) is 46.9 Å². The highest BCUT2D eigenvalue weighted by Gasteiger charge is 2.31. The van der Waals surface area contributed by atoms with E-state index in [2.05, 4.69) is 301 Å². The van der Waals surface area contributed by atoms with Gasteiger partial charge in [-0.05, 0) is 108 Å². The van der Waals surface area contributed by atoms with Gasteiger partial charge in [-0.15, -0.1) is 22.7 Å². The first kappa shape index (κ1) is 53.4. The molecule has 0 aliphatic carbocycles. The molecule has 0 spiro atoms. The summed E-state index contributed by atoms with van der Waals surface area (Å²) < 4.78 is 2.58. The van der Waals surface area contributed by atoms with Crippen molar-refractivity contribution in [3.8, 4) is 122 Å². The SMILES string of the molecule is c1ccc(-c2cc(-c3cccc(-c4cccc(-c5cc(-c6ccc(N7c8ccccc8-c8sc9ccccc9c8-c8ccccc87)cc6)nc(-c6ccccc6)n5)c4)c3)nc(-c3ccc(N4c5ccccc5-c5sc6ccccc6c5-c5ccccc54)cc3)n2)cc1. The number of benzene rings is 12. The number of nitrogens with zero attached hydrogens (tertiary/aromatic N) is 6. The predicted octanol–water partition coefficient (Wildman–Crippen LogP) is 23.6. The standard InChI is InChI=1S/C84H52N6S2/c1-3-21-53(22-4-1)69-51-71(88-84(85-69)56-43-47-62(48-44-56)90-74-36-14-8-30-64(74)80-68-34-12-18-40-78(68)92-82(80)66-32-10-16-38-76(66)90)59-27-19-25-57(49-59)58-26-20-28-60(50-58)72-52-70(86-83(87-72)55-23-5-2-6-24-55)54-41-45-61(46-42-54)89-73-35-13-7-29-63(73)79-67-33-11-17-39-77(67)91-81(79)65-31-9-15-37-75(65)89/h1-52H. The lowest BCUT2D eigenvalue weighted by Crippen LogP contribution is -2.10. The molecule has 2 aliphatic heterocycles. The molecule has 0 fully saturated rings. The van der Waals surface area contributed by atoms with E-state index in [-0.39, 0.29) is 0 Å². The zero-order valence-electron chi connectivity index (χ0n) is 49.5. The first-order valence-corrected chi connectivity index (χ1v) is 32.6. The Morgan fingerprint density at radius 3 is 1.00 bits per heavy atom. The third-order valence-corrected chi connectivity index (χ3v) is 20.2. The molecule has 18 rings (SSSR count). The van der Waals surface area contributed by atoms with E-state index in [0.717, 1.165) is 101 Å². The van der Waals surface area contributed by atoms with Crippen LogP contribution in [0.25, 0.3) is 142 Å². The van der Waals surface area contributed by atoms with Gasteiger partial charge < -0.3 is 9.80 Å². The maximum absolute atomic E-state index is 5.38. The molecule has 12 aromatic carbocycles.